The van der Waals surface area contributed by atoms with E-state index in [2.05, 4.69) is 21.2 Å². The third-order valence-electron chi connectivity index (χ3n) is 2.77. The van der Waals surface area contributed by atoms with Crippen LogP contribution in [0.4, 0.5) is 0 Å². The highest BCUT2D eigenvalue weighted by Crippen LogP contribution is 2.33. The highest BCUT2D eigenvalue weighted by molar-refractivity contribution is 9.11. The first-order valence-corrected chi connectivity index (χ1v) is 6.46. The average Bonchev–Trinajstić information content (AvgIpc) is 2.57. The molecule has 1 aliphatic rings. The number of carbonyl (C=O) groups excluding carboxylic acids is 1. The van der Waals surface area contributed by atoms with E-state index < -0.39 is 11.5 Å². The van der Waals surface area contributed by atoms with Crippen molar-refractivity contribution in [3.05, 3.63) is 20.8 Å². The standard InChI is InChI=1S/C10H10BrNO3S/c11-7-3-2-6(16-7)8(13)12-10(9(14)15)4-1-5-10/h2-3H,1,4-5H2,(H,12,13)(H,14,15). The lowest BCUT2D eigenvalue weighted by Gasteiger charge is -2.38. The quantitative estimate of drug-likeness (QED) is 0.900. The normalized spacial score (nSPS) is 17.6. The van der Waals surface area contributed by atoms with E-state index in [9.17, 15) is 9.59 Å². The minimum Gasteiger partial charge on any atom is -0.480 e. The second-order valence-electron chi connectivity index (χ2n) is 3.80. The van der Waals surface area contributed by atoms with Gasteiger partial charge in [0.05, 0.1) is 8.66 Å². The van der Waals surface area contributed by atoms with Gasteiger partial charge in [-0.3, -0.25) is 4.79 Å². The van der Waals surface area contributed by atoms with Crippen molar-refractivity contribution >= 4 is 39.1 Å². The number of hydrogen-bond acceptors (Lipinski definition) is 3. The van der Waals surface area contributed by atoms with Gasteiger partial charge in [0.15, 0.2) is 0 Å². The van der Waals surface area contributed by atoms with Gasteiger partial charge in [0, 0.05) is 0 Å². The van der Waals surface area contributed by atoms with Gasteiger partial charge in [0.2, 0.25) is 0 Å². The van der Waals surface area contributed by atoms with Gasteiger partial charge in [-0.15, -0.1) is 11.3 Å². The fourth-order valence-corrected chi connectivity index (χ4v) is 2.92. The summed E-state index contributed by atoms with van der Waals surface area (Å²) < 4.78 is 0.857. The fraction of sp³-hybridized carbons (Fsp3) is 0.400. The number of amides is 1. The summed E-state index contributed by atoms with van der Waals surface area (Å²) in [4.78, 5) is 23.4. The van der Waals surface area contributed by atoms with E-state index in [0.717, 1.165) is 10.2 Å². The number of aliphatic carboxylic acids is 1. The molecule has 0 bridgehead atoms. The highest BCUT2D eigenvalue weighted by atomic mass is 79.9. The van der Waals surface area contributed by atoms with Crippen LogP contribution < -0.4 is 5.32 Å². The Morgan fingerprint density at radius 1 is 1.44 bits per heavy atom. The molecule has 0 radical (unpaired) electrons. The highest BCUT2D eigenvalue weighted by Gasteiger charge is 2.45. The van der Waals surface area contributed by atoms with E-state index in [1.807, 2.05) is 0 Å². The van der Waals surface area contributed by atoms with Crippen LogP contribution in [0.2, 0.25) is 0 Å². The summed E-state index contributed by atoms with van der Waals surface area (Å²) in [5.74, 6) is -1.25. The molecule has 16 heavy (non-hydrogen) atoms. The molecule has 0 aliphatic heterocycles. The number of rotatable bonds is 3. The van der Waals surface area contributed by atoms with Gasteiger partial charge in [-0.25, -0.2) is 4.79 Å². The predicted molar refractivity (Wildman–Crippen MR) is 63.7 cm³/mol. The summed E-state index contributed by atoms with van der Waals surface area (Å²) in [7, 11) is 0. The van der Waals surface area contributed by atoms with E-state index in [0.29, 0.717) is 17.7 Å². The molecule has 1 aromatic rings. The first-order valence-electron chi connectivity index (χ1n) is 4.85. The number of carboxylic acids is 1. The molecule has 0 atom stereocenters. The Labute approximate surface area is 105 Å². The maximum atomic E-state index is 11.8. The Morgan fingerprint density at radius 3 is 2.50 bits per heavy atom. The van der Waals surface area contributed by atoms with Crippen LogP contribution in [-0.4, -0.2) is 22.5 Å². The van der Waals surface area contributed by atoms with Crippen molar-refractivity contribution in [3.8, 4) is 0 Å². The van der Waals surface area contributed by atoms with Crippen LogP contribution in [0.3, 0.4) is 0 Å². The van der Waals surface area contributed by atoms with E-state index in [-0.39, 0.29) is 5.91 Å². The van der Waals surface area contributed by atoms with Crippen LogP contribution in [0.1, 0.15) is 28.9 Å². The predicted octanol–water partition coefficient (Wildman–Crippen LogP) is 2.25. The number of carbonyl (C=O) groups is 2. The molecule has 2 rings (SSSR count). The topological polar surface area (TPSA) is 66.4 Å². The lowest BCUT2D eigenvalue weighted by Crippen LogP contribution is -2.59. The Kier molecular flexibility index (Phi) is 3.03. The third-order valence-corrected chi connectivity index (χ3v) is 4.39. The van der Waals surface area contributed by atoms with Gasteiger partial charge >= 0.3 is 5.97 Å². The largest absolute Gasteiger partial charge is 0.480 e. The van der Waals surface area contributed by atoms with Gasteiger partial charge < -0.3 is 10.4 Å². The van der Waals surface area contributed by atoms with Crippen molar-refractivity contribution in [2.45, 2.75) is 24.8 Å². The van der Waals surface area contributed by atoms with Crippen LogP contribution in [0.25, 0.3) is 0 Å². The minimum absolute atomic E-state index is 0.308. The van der Waals surface area contributed by atoms with E-state index >= 15 is 0 Å². The summed E-state index contributed by atoms with van der Waals surface area (Å²) in [6.07, 6.45) is 1.88. The molecule has 86 valence electrons. The number of thiophene rings is 1. The third kappa shape index (κ3) is 1.99. The molecular formula is C10H10BrNO3S. The Morgan fingerprint density at radius 2 is 2.12 bits per heavy atom. The molecule has 2 N–H and O–H groups in total. The molecule has 0 unspecified atom stereocenters. The zero-order valence-corrected chi connectivity index (χ0v) is 10.7. The zero-order chi connectivity index (χ0) is 11.8. The average molecular weight is 304 g/mol. The van der Waals surface area contributed by atoms with Crippen molar-refractivity contribution in [2.75, 3.05) is 0 Å². The number of carboxylic acid groups (broad SMARTS) is 1. The molecule has 0 spiro atoms. The van der Waals surface area contributed by atoms with Crippen molar-refractivity contribution in [2.24, 2.45) is 0 Å². The number of hydrogen-bond donors (Lipinski definition) is 2. The van der Waals surface area contributed by atoms with Crippen molar-refractivity contribution in [1.82, 2.24) is 5.32 Å². The monoisotopic (exact) mass is 303 g/mol. The second kappa shape index (κ2) is 4.18. The lowest BCUT2D eigenvalue weighted by molar-refractivity contribution is -0.148. The first kappa shape index (κ1) is 11.6. The molecule has 1 aromatic heterocycles. The van der Waals surface area contributed by atoms with Crippen molar-refractivity contribution < 1.29 is 14.7 Å². The smallest absolute Gasteiger partial charge is 0.329 e. The first-order chi connectivity index (χ1) is 7.53. The summed E-state index contributed by atoms with van der Waals surface area (Å²) in [6.45, 7) is 0. The van der Waals surface area contributed by atoms with E-state index in [1.54, 1.807) is 12.1 Å². The van der Waals surface area contributed by atoms with E-state index in [1.165, 1.54) is 11.3 Å². The van der Waals surface area contributed by atoms with Crippen LogP contribution in [0.5, 0.6) is 0 Å². The number of nitrogens with one attached hydrogen (secondary N) is 1. The van der Waals surface area contributed by atoms with Crippen molar-refractivity contribution in [3.63, 3.8) is 0 Å². The summed E-state index contributed by atoms with van der Waals surface area (Å²) in [5.41, 5.74) is -1.03. The fourth-order valence-electron chi connectivity index (χ4n) is 1.64. The molecule has 1 saturated carbocycles. The zero-order valence-electron chi connectivity index (χ0n) is 8.33. The van der Waals surface area contributed by atoms with Gasteiger partial charge in [-0.1, -0.05) is 0 Å². The number of halogens is 1. The molecule has 6 heteroatoms. The van der Waals surface area contributed by atoms with Gasteiger partial charge in [0.25, 0.3) is 5.91 Å². The van der Waals surface area contributed by atoms with Crippen LogP contribution in [0.15, 0.2) is 15.9 Å². The molecular weight excluding hydrogens is 294 g/mol. The van der Waals surface area contributed by atoms with Gasteiger partial charge in [-0.05, 0) is 47.3 Å². The Bertz CT molecular complexity index is 439. The summed E-state index contributed by atoms with van der Waals surface area (Å²) >= 11 is 4.56. The maximum absolute atomic E-state index is 11.8. The second-order valence-corrected chi connectivity index (χ2v) is 6.26. The molecule has 0 saturated heterocycles. The van der Waals surface area contributed by atoms with Crippen LogP contribution in [0, 0.1) is 0 Å². The van der Waals surface area contributed by atoms with Gasteiger partial charge in [-0.2, -0.15) is 0 Å². The van der Waals surface area contributed by atoms with Crippen LogP contribution >= 0.6 is 27.3 Å². The minimum atomic E-state index is -1.03. The summed E-state index contributed by atoms with van der Waals surface area (Å²) in [5, 5.41) is 11.7. The molecule has 1 amide bonds. The van der Waals surface area contributed by atoms with Gasteiger partial charge in [0.1, 0.15) is 5.54 Å². The molecule has 1 heterocycles. The van der Waals surface area contributed by atoms with E-state index in [4.69, 9.17) is 5.11 Å². The Hall–Kier alpha value is -0.880. The lowest BCUT2D eigenvalue weighted by atomic mass is 9.77. The van der Waals surface area contributed by atoms with Crippen molar-refractivity contribution in [1.29, 1.82) is 0 Å². The van der Waals surface area contributed by atoms with Crippen LogP contribution in [-0.2, 0) is 4.79 Å². The molecule has 4 nitrogen and oxygen atoms in total. The molecule has 1 aliphatic carbocycles. The Balaban J connectivity index is 2.10. The molecule has 1 fully saturated rings. The maximum Gasteiger partial charge on any atom is 0.329 e. The summed E-state index contributed by atoms with van der Waals surface area (Å²) in [6, 6.07) is 3.45. The molecule has 0 aromatic carbocycles. The SMILES string of the molecule is O=C(NC1(C(=O)O)CCC1)c1ccc(Br)s1.